The fourth-order valence-electron chi connectivity index (χ4n) is 1.40. The molecule has 90 valence electrons. The van der Waals surface area contributed by atoms with E-state index in [9.17, 15) is 4.79 Å². The first-order valence-electron chi connectivity index (χ1n) is 4.96. The van der Waals surface area contributed by atoms with Gasteiger partial charge in [0.25, 0.3) is 0 Å². The van der Waals surface area contributed by atoms with Gasteiger partial charge in [-0.1, -0.05) is 0 Å². The molecule has 0 aromatic carbocycles. The summed E-state index contributed by atoms with van der Waals surface area (Å²) >= 11 is 0. The molecule has 0 fully saturated rings. The fourth-order valence-corrected chi connectivity index (χ4v) is 1.40. The van der Waals surface area contributed by atoms with E-state index < -0.39 is 11.5 Å². The second-order valence-corrected chi connectivity index (χ2v) is 4.14. The number of aliphatic carboxylic acids is 1. The zero-order chi connectivity index (χ0) is 12.1. The first kappa shape index (κ1) is 14.3. The molecule has 5 heteroatoms. The molecule has 0 aromatic rings. The van der Waals surface area contributed by atoms with Crippen LogP contribution in [0.15, 0.2) is 0 Å². The second-order valence-electron chi connectivity index (χ2n) is 4.14. The van der Waals surface area contributed by atoms with E-state index in [-0.39, 0.29) is 18.6 Å². The third-order valence-corrected chi connectivity index (χ3v) is 2.07. The fraction of sp³-hybridized carbons (Fsp3) is 0.900. The third kappa shape index (κ3) is 5.71. The summed E-state index contributed by atoms with van der Waals surface area (Å²) in [5, 5.41) is 8.82. The maximum Gasteiger partial charge on any atom is 0.323 e. The van der Waals surface area contributed by atoms with Gasteiger partial charge in [0.05, 0.1) is 18.8 Å². The molecular formula is C10H21NO4. The van der Waals surface area contributed by atoms with Crippen molar-refractivity contribution in [1.29, 1.82) is 0 Å². The van der Waals surface area contributed by atoms with E-state index >= 15 is 0 Å². The van der Waals surface area contributed by atoms with Crippen LogP contribution in [0.1, 0.15) is 27.2 Å². The summed E-state index contributed by atoms with van der Waals surface area (Å²) < 4.78 is 10.4. The van der Waals surface area contributed by atoms with E-state index in [1.807, 2.05) is 6.92 Å². The lowest BCUT2D eigenvalue weighted by molar-refractivity contribution is -0.144. The van der Waals surface area contributed by atoms with E-state index in [0.29, 0.717) is 6.61 Å². The molecule has 0 bridgehead atoms. The maximum atomic E-state index is 10.8. The van der Waals surface area contributed by atoms with Gasteiger partial charge in [0.15, 0.2) is 0 Å². The molecule has 0 aliphatic carbocycles. The predicted octanol–water partition coefficient (Wildman–Crippen LogP) is 0.619. The highest BCUT2D eigenvalue weighted by molar-refractivity contribution is 5.77. The number of carbonyl (C=O) groups is 1. The average Bonchev–Trinajstić information content (AvgIpc) is 2.02. The van der Waals surface area contributed by atoms with Crippen LogP contribution in [0.3, 0.4) is 0 Å². The van der Waals surface area contributed by atoms with E-state index in [0.717, 1.165) is 0 Å². The summed E-state index contributed by atoms with van der Waals surface area (Å²) in [4.78, 5) is 10.8. The predicted molar refractivity (Wildman–Crippen MR) is 56.7 cm³/mol. The van der Waals surface area contributed by atoms with Crippen LogP contribution in [-0.2, 0) is 14.3 Å². The van der Waals surface area contributed by atoms with Gasteiger partial charge < -0.3 is 20.3 Å². The summed E-state index contributed by atoms with van der Waals surface area (Å²) in [5.41, 5.74) is 4.36. The normalized spacial score (nSPS) is 19.3. The van der Waals surface area contributed by atoms with Gasteiger partial charge in [-0.2, -0.15) is 0 Å². The highest BCUT2D eigenvalue weighted by Crippen LogP contribution is 2.13. The standard InChI is InChI=1S/C10H21NO4/c1-7(15-8(2)6-14-4)5-10(3,11)9(12)13/h7-8H,5-6,11H2,1-4H3,(H,12,13). The van der Waals surface area contributed by atoms with Crippen molar-refractivity contribution < 1.29 is 19.4 Å². The summed E-state index contributed by atoms with van der Waals surface area (Å²) in [7, 11) is 1.59. The van der Waals surface area contributed by atoms with Crippen LogP contribution >= 0.6 is 0 Å². The Morgan fingerprint density at radius 3 is 2.40 bits per heavy atom. The minimum Gasteiger partial charge on any atom is -0.480 e. The van der Waals surface area contributed by atoms with Gasteiger partial charge in [-0.15, -0.1) is 0 Å². The maximum absolute atomic E-state index is 10.8. The zero-order valence-electron chi connectivity index (χ0n) is 9.82. The second kappa shape index (κ2) is 6.05. The van der Waals surface area contributed by atoms with Gasteiger partial charge in [-0.25, -0.2) is 0 Å². The third-order valence-electron chi connectivity index (χ3n) is 2.07. The summed E-state index contributed by atoms with van der Waals surface area (Å²) in [5.74, 6) is -1.02. The first-order chi connectivity index (χ1) is 6.79. The Labute approximate surface area is 90.5 Å². The van der Waals surface area contributed by atoms with E-state index in [1.54, 1.807) is 14.0 Å². The monoisotopic (exact) mass is 219 g/mol. The number of carboxylic acid groups (broad SMARTS) is 1. The number of methoxy groups -OCH3 is 1. The number of ether oxygens (including phenoxy) is 2. The lowest BCUT2D eigenvalue weighted by atomic mass is 9.96. The van der Waals surface area contributed by atoms with Gasteiger partial charge in [-0.3, -0.25) is 4.79 Å². The van der Waals surface area contributed by atoms with Crippen molar-refractivity contribution in [3.05, 3.63) is 0 Å². The quantitative estimate of drug-likeness (QED) is 0.656. The van der Waals surface area contributed by atoms with Crippen molar-refractivity contribution in [2.45, 2.75) is 44.9 Å². The van der Waals surface area contributed by atoms with Crippen LogP contribution in [-0.4, -0.2) is 42.5 Å². The van der Waals surface area contributed by atoms with Gasteiger partial charge >= 0.3 is 5.97 Å². The minimum absolute atomic E-state index is 0.0606. The van der Waals surface area contributed by atoms with Crippen molar-refractivity contribution >= 4 is 5.97 Å². The first-order valence-corrected chi connectivity index (χ1v) is 4.96. The number of rotatable bonds is 7. The largest absolute Gasteiger partial charge is 0.480 e. The summed E-state index contributed by atoms with van der Waals surface area (Å²) in [6.45, 7) is 5.64. The van der Waals surface area contributed by atoms with Gasteiger partial charge in [0.2, 0.25) is 0 Å². The molecule has 3 unspecified atom stereocenters. The molecule has 15 heavy (non-hydrogen) atoms. The van der Waals surface area contributed by atoms with Gasteiger partial charge in [0, 0.05) is 13.5 Å². The Morgan fingerprint density at radius 1 is 1.47 bits per heavy atom. The van der Waals surface area contributed by atoms with Crippen molar-refractivity contribution in [1.82, 2.24) is 0 Å². The van der Waals surface area contributed by atoms with Crippen molar-refractivity contribution in [3.8, 4) is 0 Å². The minimum atomic E-state index is -1.24. The van der Waals surface area contributed by atoms with Crippen LogP contribution in [0.25, 0.3) is 0 Å². The lowest BCUT2D eigenvalue weighted by Gasteiger charge is -2.25. The highest BCUT2D eigenvalue weighted by atomic mass is 16.5. The average molecular weight is 219 g/mol. The lowest BCUT2D eigenvalue weighted by Crippen LogP contribution is -2.47. The summed E-state index contributed by atoms with van der Waals surface area (Å²) in [6.07, 6.45) is 0.00646. The molecule has 0 radical (unpaired) electrons. The Hall–Kier alpha value is -0.650. The van der Waals surface area contributed by atoms with Crippen molar-refractivity contribution in [3.63, 3.8) is 0 Å². The Morgan fingerprint density at radius 2 is 2.00 bits per heavy atom. The summed E-state index contributed by atoms with van der Waals surface area (Å²) in [6, 6.07) is 0. The molecule has 0 aliphatic rings. The number of hydrogen-bond donors (Lipinski definition) is 2. The van der Waals surface area contributed by atoms with E-state index in [2.05, 4.69) is 0 Å². The van der Waals surface area contributed by atoms with Crippen LogP contribution in [0.2, 0.25) is 0 Å². The number of nitrogens with two attached hydrogens (primary N) is 1. The van der Waals surface area contributed by atoms with Gasteiger partial charge in [0.1, 0.15) is 5.54 Å². The van der Waals surface area contributed by atoms with Crippen molar-refractivity contribution in [2.75, 3.05) is 13.7 Å². The van der Waals surface area contributed by atoms with Crippen LogP contribution in [0.4, 0.5) is 0 Å². The molecule has 0 amide bonds. The SMILES string of the molecule is COCC(C)OC(C)CC(C)(N)C(=O)O. The van der Waals surface area contributed by atoms with Crippen LogP contribution < -0.4 is 5.73 Å². The molecule has 0 saturated heterocycles. The zero-order valence-corrected chi connectivity index (χ0v) is 9.82. The Bertz CT molecular complexity index is 206. The molecule has 0 spiro atoms. The van der Waals surface area contributed by atoms with E-state index in [1.165, 1.54) is 6.92 Å². The number of hydrogen-bond acceptors (Lipinski definition) is 4. The van der Waals surface area contributed by atoms with Crippen molar-refractivity contribution in [2.24, 2.45) is 5.73 Å². The molecule has 0 saturated carbocycles. The van der Waals surface area contributed by atoms with Gasteiger partial charge in [-0.05, 0) is 20.8 Å². The Kier molecular flexibility index (Phi) is 5.79. The van der Waals surface area contributed by atoms with E-state index in [4.69, 9.17) is 20.3 Å². The number of carboxylic acids is 1. The topological polar surface area (TPSA) is 81.8 Å². The molecule has 0 aromatic heterocycles. The Balaban J connectivity index is 4.02. The molecule has 3 atom stereocenters. The highest BCUT2D eigenvalue weighted by Gasteiger charge is 2.30. The molecule has 5 nitrogen and oxygen atoms in total. The molecular weight excluding hydrogens is 198 g/mol. The van der Waals surface area contributed by atoms with Crippen LogP contribution in [0, 0.1) is 0 Å². The molecule has 0 aliphatic heterocycles. The molecule has 0 heterocycles. The molecule has 0 rings (SSSR count). The molecule has 3 N–H and O–H groups in total. The smallest absolute Gasteiger partial charge is 0.323 e. The van der Waals surface area contributed by atoms with Crippen LogP contribution in [0.5, 0.6) is 0 Å².